The predicted octanol–water partition coefficient (Wildman–Crippen LogP) is 2.30. The number of carbonyl (C=O) groups is 1. The van der Waals surface area contributed by atoms with Crippen LogP contribution in [0.1, 0.15) is 33.4 Å². The number of benzene rings is 1. The summed E-state index contributed by atoms with van der Waals surface area (Å²) in [5.74, 6) is -0.655. The van der Waals surface area contributed by atoms with Crippen LogP contribution in [0, 0.1) is 19.7 Å². The van der Waals surface area contributed by atoms with E-state index in [0.717, 1.165) is 5.69 Å². The molecule has 5 heteroatoms. The molecule has 0 saturated carbocycles. The van der Waals surface area contributed by atoms with E-state index in [4.69, 9.17) is 0 Å². The Bertz CT molecular complexity index is 641. The molecule has 2 aromatic rings. The Morgan fingerprint density at radius 1 is 1.24 bits per heavy atom. The molecule has 0 saturated heterocycles. The van der Waals surface area contributed by atoms with Gasteiger partial charge in [0.25, 0.3) is 5.91 Å². The average molecular weight is 288 g/mol. The number of hydrogen-bond acceptors (Lipinski definition) is 3. The van der Waals surface area contributed by atoms with Crippen LogP contribution in [-0.2, 0) is 0 Å². The van der Waals surface area contributed by atoms with E-state index < -0.39 is 6.10 Å². The van der Waals surface area contributed by atoms with Crippen molar-refractivity contribution in [1.29, 1.82) is 0 Å². The standard InChI is InChI=1S/C16H17FN2O2/c1-10-3-8-14(11(2)19-10)16(21)18-9-15(20)12-4-6-13(17)7-5-12/h3-8,15,20H,9H2,1-2H3,(H,18,21). The predicted molar refractivity (Wildman–Crippen MR) is 77.4 cm³/mol. The number of nitrogens with one attached hydrogen (secondary N) is 1. The van der Waals surface area contributed by atoms with Gasteiger partial charge >= 0.3 is 0 Å². The van der Waals surface area contributed by atoms with Crippen LogP contribution in [0.5, 0.6) is 0 Å². The van der Waals surface area contributed by atoms with Gasteiger partial charge in [0.05, 0.1) is 17.4 Å². The average Bonchev–Trinajstić information content (AvgIpc) is 2.45. The smallest absolute Gasteiger partial charge is 0.253 e. The first-order valence-electron chi connectivity index (χ1n) is 6.63. The molecule has 0 bridgehead atoms. The zero-order valence-electron chi connectivity index (χ0n) is 11.9. The lowest BCUT2D eigenvalue weighted by Crippen LogP contribution is -2.29. The molecule has 0 radical (unpaired) electrons. The first-order chi connectivity index (χ1) is 9.97. The quantitative estimate of drug-likeness (QED) is 0.907. The molecule has 1 aromatic carbocycles. The fourth-order valence-corrected chi connectivity index (χ4v) is 2.01. The lowest BCUT2D eigenvalue weighted by Gasteiger charge is -2.13. The molecule has 0 spiro atoms. The molecule has 1 atom stereocenters. The molecule has 1 amide bonds. The molecule has 110 valence electrons. The van der Waals surface area contributed by atoms with Crippen molar-refractivity contribution in [3.8, 4) is 0 Å². The maximum Gasteiger partial charge on any atom is 0.253 e. The zero-order valence-corrected chi connectivity index (χ0v) is 11.9. The molecule has 2 rings (SSSR count). The molecular formula is C16H17FN2O2. The van der Waals surface area contributed by atoms with Crippen molar-refractivity contribution in [2.45, 2.75) is 20.0 Å². The number of aliphatic hydroxyl groups excluding tert-OH is 1. The summed E-state index contributed by atoms with van der Waals surface area (Å²) in [5, 5.41) is 12.6. The monoisotopic (exact) mass is 288 g/mol. The lowest BCUT2D eigenvalue weighted by atomic mass is 10.1. The summed E-state index contributed by atoms with van der Waals surface area (Å²) in [4.78, 5) is 16.3. The number of aryl methyl sites for hydroxylation is 2. The third-order valence-electron chi connectivity index (χ3n) is 3.18. The normalized spacial score (nSPS) is 12.0. The van der Waals surface area contributed by atoms with Gasteiger partial charge in [0.2, 0.25) is 0 Å². The number of carbonyl (C=O) groups excluding carboxylic acids is 1. The van der Waals surface area contributed by atoms with Gasteiger partial charge in [0.15, 0.2) is 0 Å². The number of aliphatic hydroxyl groups is 1. The highest BCUT2D eigenvalue weighted by atomic mass is 19.1. The highest BCUT2D eigenvalue weighted by Crippen LogP contribution is 2.13. The summed E-state index contributed by atoms with van der Waals surface area (Å²) >= 11 is 0. The Hall–Kier alpha value is -2.27. The van der Waals surface area contributed by atoms with Crippen LogP contribution in [0.3, 0.4) is 0 Å². The zero-order chi connectivity index (χ0) is 15.4. The summed E-state index contributed by atoms with van der Waals surface area (Å²) in [7, 11) is 0. The van der Waals surface area contributed by atoms with Gasteiger partial charge in [-0.3, -0.25) is 9.78 Å². The van der Waals surface area contributed by atoms with Crippen molar-refractivity contribution in [1.82, 2.24) is 10.3 Å². The van der Waals surface area contributed by atoms with E-state index in [2.05, 4.69) is 10.3 Å². The van der Waals surface area contributed by atoms with Gasteiger partial charge in [-0.15, -0.1) is 0 Å². The summed E-state index contributed by atoms with van der Waals surface area (Å²) in [6.07, 6.45) is -0.881. The molecule has 1 heterocycles. The maximum atomic E-state index is 12.8. The van der Waals surface area contributed by atoms with Crippen LogP contribution in [-0.4, -0.2) is 22.5 Å². The number of aromatic nitrogens is 1. The minimum absolute atomic E-state index is 0.0534. The molecule has 1 unspecified atom stereocenters. The van der Waals surface area contributed by atoms with Gasteiger partial charge in [0, 0.05) is 12.2 Å². The van der Waals surface area contributed by atoms with E-state index in [1.54, 1.807) is 19.1 Å². The van der Waals surface area contributed by atoms with Gasteiger partial charge in [0.1, 0.15) is 5.82 Å². The van der Waals surface area contributed by atoms with Crippen molar-refractivity contribution in [2.75, 3.05) is 6.54 Å². The van der Waals surface area contributed by atoms with Crippen molar-refractivity contribution in [3.63, 3.8) is 0 Å². The van der Waals surface area contributed by atoms with E-state index in [1.165, 1.54) is 24.3 Å². The second-order valence-electron chi connectivity index (χ2n) is 4.86. The molecule has 0 aliphatic carbocycles. The fraction of sp³-hybridized carbons (Fsp3) is 0.250. The van der Waals surface area contributed by atoms with E-state index in [9.17, 15) is 14.3 Å². The highest BCUT2D eigenvalue weighted by Gasteiger charge is 2.13. The van der Waals surface area contributed by atoms with E-state index in [-0.39, 0.29) is 18.3 Å². The van der Waals surface area contributed by atoms with E-state index in [1.807, 2.05) is 6.92 Å². The third-order valence-corrected chi connectivity index (χ3v) is 3.18. The van der Waals surface area contributed by atoms with Gasteiger partial charge in [-0.2, -0.15) is 0 Å². The first-order valence-corrected chi connectivity index (χ1v) is 6.63. The fourth-order valence-electron chi connectivity index (χ4n) is 2.01. The number of rotatable bonds is 4. The van der Waals surface area contributed by atoms with Gasteiger partial charge in [-0.1, -0.05) is 12.1 Å². The second kappa shape index (κ2) is 6.45. The van der Waals surface area contributed by atoms with Crippen molar-refractivity contribution < 1.29 is 14.3 Å². The lowest BCUT2D eigenvalue weighted by molar-refractivity contribution is 0.0915. The Labute approximate surface area is 122 Å². The molecule has 0 fully saturated rings. The first kappa shape index (κ1) is 15.1. The number of hydrogen-bond donors (Lipinski definition) is 2. The summed E-state index contributed by atoms with van der Waals surface area (Å²) < 4.78 is 12.8. The molecular weight excluding hydrogens is 271 g/mol. The van der Waals surface area contributed by atoms with Crippen LogP contribution >= 0.6 is 0 Å². The molecule has 21 heavy (non-hydrogen) atoms. The Kier molecular flexibility index (Phi) is 4.65. The minimum atomic E-state index is -0.881. The van der Waals surface area contributed by atoms with Crippen LogP contribution in [0.4, 0.5) is 4.39 Å². The summed E-state index contributed by atoms with van der Waals surface area (Å²) in [6, 6.07) is 8.99. The summed E-state index contributed by atoms with van der Waals surface area (Å²) in [5.41, 5.74) is 2.52. The minimum Gasteiger partial charge on any atom is -0.387 e. The molecule has 1 aromatic heterocycles. The van der Waals surface area contributed by atoms with Crippen LogP contribution in [0.2, 0.25) is 0 Å². The number of halogens is 1. The maximum absolute atomic E-state index is 12.8. The Balaban J connectivity index is 1.99. The molecule has 0 aliphatic rings. The SMILES string of the molecule is Cc1ccc(C(=O)NCC(O)c2ccc(F)cc2)c(C)n1. The van der Waals surface area contributed by atoms with Crippen molar-refractivity contribution in [2.24, 2.45) is 0 Å². The number of pyridine rings is 1. The molecule has 0 aliphatic heterocycles. The topological polar surface area (TPSA) is 62.2 Å². The third kappa shape index (κ3) is 3.86. The largest absolute Gasteiger partial charge is 0.387 e. The van der Waals surface area contributed by atoms with E-state index >= 15 is 0 Å². The Morgan fingerprint density at radius 2 is 1.90 bits per heavy atom. The highest BCUT2D eigenvalue weighted by molar-refractivity contribution is 5.95. The van der Waals surface area contributed by atoms with Gasteiger partial charge in [-0.25, -0.2) is 4.39 Å². The van der Waals surface area contributed by atoms with Crippen molar-refractivity contribution >= 4 is 5.91 Å². The molecule has 4 nitrogen and oxygen atoms in total. The summed E-state index contributed by atoms with van der Waals surface area (Å²) in [6.45, 7) is 3.67. The van der Waals surface area contributed by atoms with Crippen LogP contribution in [0.25, 0.3) is 0 Å². The molecule has 2 N–H and O–H groups in total. The second-order valence-corrected chi connectivity index (χ2v) is 4.86. The van der Waals surface area contributed by atoms with Crippen molar-refractivity contribution in [3.05, 3.63) is 64.7 Å². The number of nitrogens with zero attached hydrogens (tertiary/aromatic N) is 1. The number of amides is 1. The van der Waals surface area contributed by atoms with Crippen LogP contribution in [0.15, 0.2) is 36.4 Å². The van der Waals surface area contributed by atoms with Gasteiger partial charge < -0.3 is 10.4 Å². The van der Waals surface area contributed by atoms with Crippen LogP contribution < -0.4 is 5.32 Å². The van der Waals surface area contributed by atoms with E-state index in [0.29, 0.717) is 16.8 Å². The Morgan fingerprint density at radius 3 is 2.52 bits per heavy atom. The van der Waals surface area contributed by atoms with Gasteiger partial charge in [-0.05, 0) is 43.7 Å².